The van der Waals surface area contributed by atoms with Gasteiger partial charge < -0.3 is 11.1 Å². The Bertz CT molecular complexity index is 628. The lowest BCUT2D eigenvalue weighted by molar-refractivity contribution is 0.949. The van der Waals surface area contributed by atoms with E-state index in [0.29, 0.717) is 5.82 Å². The summed E-state index contributed by atoms with van der Waals surface area (Å²) in [7, 11) is 0. The van der Waals surface area contributed by atoms with Crippen LogP contribution in [0.2, 0.25) is 0 Å². The largest absolute Gasteiger partial charge is 0.383 e. The Morgan fingerprint density at radius 3 is 3.18 bits per heavy atom. The number of rotatable bonds is 3. The average Bonchev–Trinajstić information content (AvgIpc) is 2.97. The molecule has 86 valence electrons. The van der Waals surface area contributed by atoms with Crippen molar-refractivity contribution in [2.24, 2.45) is 0 Å². The van der Waals surface area contributed by atoms with Crippen LogP contribution in [0, 0.1) is 0 Å². The molecule has 0 atom stereocenters. The molecular weight excluding hydrogens is 234 g/mol. The van der Waals surface area contributed by atoms with Crippen LogP contribution in [-0.2, 0) is 6.54 Å². The Morgan fingerprint density at radius 2 is 2.35 bits per heavy atom. The molecule has 3 N–H and O–H groups in total. The molecule has 0 bridgehead atoms. The first-order valence-electron chi connectivity index (χ1n) is 5.19. The summed E-state index contributed by atoms with van der Waals surface area (Å²) in [6, 6.07) is 7.72. The third-order valence-electron chi connectivity index (χ3n) is 2.41. The smallest absolute Gasteiger partial charge is 0.159 e. The van der Waals surface area contributed by atoms with E-state index in [1.807, 2.05) is 12.1 Å². The summed E-state index contributed by atoms with van der Waals surface area (Å²) >= 11 is 1.71. The van der Waals surface area contributed by atoms with Crippen molar-refractivity contribution in [1.29, 1.82) is 0 Å². The summed E-state index contributed by atoms with van der Waals surface area (Å²) in [5.41, 5.74) is 6.62. The molecule has 0 spiro atoms. The zero-order valence-electron chi connectivity index (χ0n) is 9.00. The van der Waals surface area contributed by atoms with Crippen LogP contribution in [0.15, 0.2) is 35.8 Å². The summed E-state index contributed by atoms with van der Waals surface area (Å²) in [6.45, 7) is 0.758. The molecule has 0 aliphatic rings. The third-order valence-corrected chi connectivity index (χ3v) is 3.29. The molecule has 6 heteroatoms. The van der Waals surface area contributed by atoms with Crippen molar-refractivity contribution in [1.82, 2.24) is 14.6 Å². The van der Waals surface area contributed by atoms with E-state index in [9.17, 15) is 0 Å². The highest BCUT2D eigenvalue weighted by Gasteiger charge is 2.03. The fraction of sp³-hybridized carbons (Fsp3) is 0.0909. The Morgan fingerprint density at radius 1 is 1.41 bits per heavy atom. The molecule has 0 unspecified atom stereocenters. The molecule has 0 fully saturated rings. The number of anilines is 2. The number of thiophene rings is 1. The summed E-state index contributed by atoms with van der Waals surface area (Å²) in [5.74, 6) is 1.34. The van der Waals surface area contributed by atoms with Gasteiger partial charge in [-0.25, -0.2) is 4.98 Å². The van der Waals surface area contributed by atoms with Crippen molar-refractivity contribution >= 4 is 28.6 Å². The van der Waals surface area contributed by atoms with Gasteiger partial charge in [-0.15, -0.1) is 11.3 Å². The lowest BCUT2D eigenvalue weighted by Gasteiger charge is -2.06. The fourth-order valence-electron chi connectivity index (χ4n) is 1.62. The van der Waals surface area contributed by atoms with Gasteiger partial charge in [-0.3, -0.25) is 0 Å². The Hall–Kier alpha value is -2.08. The van der Waals surface area contributed by atoms with E-state index in [1.165, 1.54) is 4.88 Å². The normalized spacial score (nSPS) is 10.8. The zero-order valence-corrected chi connectivity index (χ0v) is 9.81. The van der Waals surface area contributed by atoms with Crippen molar-refractivity contribution in [2.75, 3.05) is 11.1 Å². The fourth-order valence-corrected chi connectivity index (χ4v) is 2.26. The van der Waals surface area contributed by atoms with Crippen molar-refractivity contribution in [2.45, 2.75) is 6.54 Å². The van der Waals surface area contributed by atoms with Crippen LogP contribution in [0.1, 0.15) is 4.88 Å². The second-order valence-corrected chi connectivity index (χ2v) is 4.63. The topological polar surface area (TPSA) is 68.2 Å². The van der Waals surface area contributed by atoms with Gasteiger partial charge in [0.15, 0.2) is 5.65 Å². The van der Waals surface area contributed by atoms with E-state index < -0.39 is 0 Å². The van der Waals surface area contributed by atoms with Gasteiger partial charge in [-0.05, 0) is 11.4 Å². The predicted molar refractivity (Wildman–Crippen MR) is 69.0 cm³/mol. The SMILES string of the molecule is Nc1cc(NCc2cccs2)nc2ccnn12. The quantitative estimate of drug-likeness (QED) is 0.740. The monoisotopic (exact) mass is 245 g/mol. The van der Waals surface area contributed by atoms with Gasteiger partial charge in [-0.2, -0.15) is 9.61 Å². The van der Waals surface area contributed by atoms with E-state index in [-0.39, 0.29) is 0 Å². The van der Waals surface area contributed by atoms with Crippen LogP contribution in [0.25, 0.3) is 5.65 Å². The lowest BCUT2D eigenvalue weighted by atomic mass is 10.4. The van der Waals surface area contributed by atoms with Crippen LogP contribution >= 0.6 is 11.3 Å². The molecule has 0 aromatic carbocycles. The van der Waals surface area contributed by atoms with E-state index in [4.69, 9.17) is 5.73 Å². The Kier molecular flexibility index (Phi) is 2.41. The first-order chi connectivity index (χ1) is 8.33. The second-order valence-electron chi connectivity index (χ2n) is 3.60. The van der Waals surface area contributed by atoms with Crippen molar-refractivity contribution in [3.8, 4) is 0 Å². The van der Waals surface area contributed by atoms with E-state index in [2.05, 4.69) is 26.8 Å². The number of fused-ring (bicyclic) bond motifs is 1. The predicted octanol–water partition coefficient (Wildman–Crippen LogP) is 1.99. The maximum absolute atomic E-state index is 5.87. The highest BCUT2D eigenvalue weighted by Crippen LogP contribution is 2.15. The molecule has 0 saturated heterocycles. The van der Waals surface area contributed by atoms with Gasteiger partial charge in [0.2, 0.25) is 0 Å². The highest BCUT2D eigenvalue weighted by atomic mass is 32.1. The lowest BCUT2D eigenvalue weighted by Crippen LogP contribution is -2.05. The first-order valence-corrected chi connectivity index (χ1v) is 6.07. The minimum absolute atomic E-state index is 0.577. The number of nitrogen functional groups attached to an aromatic ring is 1. The maximum Gasteiger partial charge on any atom is 0.159 e. The number of nitrogens with one attached hydrogen (secondary N) is 1. The van der Waals surface area contributed by atoms with E-state index in [0.717, 1.165) is 18.0 Å². The molecule has 0 amide bonds. The molecule has 0 aliphatic carbocycles. The van der Waals surface area contributed by atoms with Gasteiger partial charge in [0.25, 0.3) is 0 Å². The molecular formula is C11H11N5S. The molecule has 0 radical (unpaired) electrons. The van der Waals surface area contributed by atoms with E-state index in [1.54, 1.807) is 28.1 Å². The number of nitrogens with two attached hydrogens (primary N) is 1. The average molecular weight is 245 g/mol. The molecule has 3 aromatic rings. The van der Waals surface area contributed by atoms with Crippen LogP contribution in [-0.4, -0.2) is 14.6 Å². The van der Waals surface area contributed by atoms with Crippen molar-refractivity contribution < 1.29 is 0 Å². The molecule has 3 heterocycles. The minimum Gasteiger partial charge on any atom is -0.383 e. The number of hydrogen-bond acceptors (Lipinski definition) is 5. The Labute approximate surface area is 102 Å². The summed E-state index contributed by atoms with van der Waals surface area (Å²) in [5, 5.41) is 9.38. The molecule has 17 heavy (non-hydrogen) atoms. The molecule has 5 nitrogen and oxygen atoms in total. The van der Waals surface area contributed by atoms with E-state index >= 15 is 0 Å². The summed E-state index contributed by atoms with van der Waals surface area (Å²) < 4.78 is 1.61. The van der Waals surface area contributed by atoms with Gasteiger partial charge in [-0.1, -0.05) is 6.07 Å². The summed E-state index contributed by atoms with van der Waals surface area (Å²) in [6.07, 6.45) is 1.68. The Balaban J connectivity index is 1.85. The molecule has 0 saturated carbocycles. The zero-order chi connectivity index (χ0) is 11.7. The molecule has 3 aromatic heterocycles. The summed E-state index contributed by atoms with van der Waals surface area (Å²) in [4.78, 5) is 5.67. The minimum atomic E-state index is 0.577. The van der Waals surface area contributed by atoms with Crippen molar-refractivity contribution in [3.63, 3.8) is 0 Å². The number of nitrogens with zero attached hydrogens (tertiary/aromatic N) is 3. The van der Waals surface area contributed by atoms with Crippen LogP contribution in [0.4, 0.5) is 11.6 Å². The van der Waals surface area contributed by atoms with Gasteiger partial charge >= 0.3 is 0 Å². The maximum atomic E-state index is 5.87. The number of hydrogen-bond donors (Lipinski definition) is 2. The van der Waals surface area contributed by atoms with Crippen LogP contribution in [0.3, 0.4) is 0 Å². The van der Waals surface area contributed by atoms with Gasteiger partial charge in [0.1, 0.15) is 11.6 Å². The third kappa shape index (κ3) is 1.94. The standard InChI is InChI=1S/C11H11N5S/c12-9-6-10(13-7-8-2-1-5-17-8)15-11-3-4-14-16(9)11/h1-6H,7,12H2,(H,13,15). The molecule has 0 aliphatic heterocycles. The highest BCUT2D eigenvalue weighted by molar-refractivity contribution is 7.09. The second kappa shape index (κ2) is 4.06. The van der Waals surface area contributed by atoms with Crippen LogP contribution < -0.4 is 11.1 Å². The molecule has 3 rings (SSSR count). The first kappa shape index (κ1) is 10.1. The van der Waals surface area contributed by atoms with Gasteiger partial charge in [0.05, 0.1) is 12.7 Å². The number of aromatic nitrogens is 3. The van der Waals surface area contributed by atoms with Crippen LogP contribution in [0.5, 0.6) is 0 Å². The van der Waals surface area contributed by atoms with Gasteiger partial charge in [0, 0.05) is 17.0 Å². The van der Waals surface area contributed by atoms with Crippen molar-refractivity contribution in [3.05, 3.63) is 40.7 Å².